The highest BCUT2D eigenvalue weighted by Crippen LogP contribution is 2.42. The molecule has 1 aliphatic heterocycles. The number of carbonyl (C=O) groups excluding carboxylic acids is 2. The van der Waals surface area contributed by atoms with E-state index in [0.29, 0.717) is 5.56 Å². The van der Waals surface area contributed by atoms with Crippen LogP contribution < -0.4 is 0 Å². The van der Waals surface area contributed by atoms with Crippen LogP contribution in [-0.4, -0.2) is 30.7 Å². The Labute approximate surface area is 139 Å². The van der Waals surface area contributed by atoms with Gasteiger partial charge in [-0.05, 0) is 11.5 Å². The smallest absolute Gasteiger partial charge is 0.338 e. The molecule has 0 spiro atoms. The number of methoxy groups -OCH3 is 2. The third-order valence-corrected chi connectivity index (χ3v) is 4.04. The standard InChI is InChI=1S/C19H17NO4/c1-20-10-6-9-14-17(12-7-4-5-8-13(12)18(14)20)15(19(22)24-3)11-16(21)23-2/h4-11H,1-3H3/b15-11-. The van der Waals surface area contributed by atoms with Crippen LogP contribution in [0, 0.1) is 0 Å². The number of aryl methyl sites for hydroxylation is 1. The van der Waals surface area contributed by atoms with Crippen LogP contribution in [0.3, 0.4) is 0 Å². The monoisotopic (exact) mass is 323 g/mol. The summed E-state index contributed by atoms with van der Waals surface area (Å²) < 4.78 is 11.6. The first kappa shape index (κ1) is 15.8. The largest absolute Gasteiger partial charge is 0.466 e. The molecule has 0 radical (unpaired) electrons. The van der Waals surface area contributed by atoms with Crippen LogP contribution in [0.2, 0.25) is 0 Å². The second kappa shape index (κ2) is 6.20. The second-order valence-electron chi connectivity index (χ2n) is 5.37. The summed E-state index contributed by atoms with van der Waals surface area (Å²) in [4.78, 5) is 24.1. The van der Waals surface area contributed by atoms with Gasteiger partial charge in [-0.3, -0.25) is 0 Å². The van der Waals surface area contributed by atoms with Gasteiger partial charge in [0.2, 0.25) is 0 Å². The van der Waals surface area contributed by atoms with E-state index in [4.69, 9.17) is 9.47 Å². The maximum absolute atomic E-state index is 12.3. The Kier molecular flexibility index (Phi) is 4.08. The number of hydrogen-bond donors (Lipinski definition) is 0. The molecule has 0 aromatic heterocycles. The summed E-state index contributed by atoms with van der Waals surface area (Å²) in [5.74, 6) is -1.18. The van der Waals surface area contributed by atoms with Crippen LogP contribution in [0.4, 0.5) is 0 Å². The van der Waals surface area contributed by atoms with Crippen molar-refractivity contribution in [3.05, 3.63) is 54.2 Å². The first-order valence-corrected chi connectivity index (χ1v) is 7.42. The van der Waals surface area contributed by atoms with Gasteiger partial charge in [-0.15, -0.1) is 0 Å². The van der Waals surface area contributed by atoms with E-state index in [1.54, 1.807) is 0 Å². The van der Waals surface area contributed by atoms with E-state index in [0.717, 1.165) is 22.0 Å². The van der Waals surface area contributed by atoms with Crippen molar-refractivity contribution in [2.75, 3.05) is 14.2 Å². The average molecular weight is 323 g/mol. The maximum Gasteiger partial charge on any atom is 0.338 e. The van der Waals surface area contributed by atoms with Gasteiger partial charge in [0.1, 0.15) is 0 Å². The molecule has 0 bridgehead atoms. The number of esters is 2. The Hall–Kier alpha value is -3.08. The fourth-order valence-electron chi connectivity index (χ4n) is 3.01. The molecule has 1 heterocycles. The number of aromatic nitrogens is 1. The molecule has 0 unspecified atom stereocenters. The molecule has 1 aliphatic carbocycles. The molecular weight excluding hydrogens is 306 g/mol. The molecular formula is C19H17NO4. The van der Waals surface area contributed by atoms with Crippen molar-refractivity contribution >= 4 is 28.3 Å². The van der Waals surface area contributed by atoms with Crippen molar-refractivity contribution in [2.24, 2.45) is 7.05 Å². The molecule has 5 nitrogen and oxygen atoms in total. The summed E-state index contributed by atoms with van der Waals surface area (Å²) in [7, 11) is 4.51. The number of pyridine rings is 1. The number of benzene rings is 1. The van der Waals surface area contributed by atoms with E-state index in [-0.39, 0.29) is 5.57 Å². The number of nitrogens with zero attached hydrogens (tertiary/aromatic N) is 1. The van der Waals surface area contributed by atoms with Crippen LogP contribution in [0.1, 0.15) is 5.56 Å². The van der Waals surface area contributed by atoms with E-state index in [1.807, 2.05) is 54.2 Å². The van der Waals surface area contributed by atoms with E-state index in [2.05, 4.69) is 0 Å². The van der Waals surface area contributed by atoms with E-state index < -0.39 is 11.9 Å². The molecule has 0 fully saturated rings. The molecule has 0 amide bonds. The topological polar surface area (TPSA) is 57.5 Å². The van der Waals surface area contributed by atoms with E-state index in [1.165, 1.54) is 20.3 Å². The molecule has 3 rings (SSSR count). The molecule has 24 heavy (non-hydrogen) atoms. The van der Waals surface area contributed by atoms with Gasteiger partial charge < -0.3 is 14.0 Å². The predicted octanol–water partition coefficient (Wildman–Crippen LogP) is 3.01. The van der Waals surface area contributed by atoms with Gasteiger partial charge in [0.15, 0.2) is 0 Å². The molecule has 0 atom stereocenters. The molecule has 1 aromatic carbocycles. The molecule has 5 heteroatoms. The van der Waals surface area contributed by atoms with Crippen molar-refractivity contribution in [1.29, 1.82) is 0 Å². The SMILES string of the molecule is COC(=O)/C=C(\C(=O)OC)c1c2cccn(C)c-2c2ccccc12. The zero-order chi connectivity index (χ0) is 17.3. The van der Waals surface area contributed by atoms with Crippen LogP contribution in [0.5, 0.6) is 0 Å². The number of fused-ring (bicyclic) bond motifs is 3. The highest BCUT2D eigenvalue weighted by Gasteiger charge is 2.26. The van der Waals surface area contributed by atoms with Crippen LogP contribution in [0.25, 0.3) is 27.6 Å². The Morgan fingerprint density at radius 3 is 2.38 bits per heavy atom. The molecule has 0 N–H and O–H groups in total. The Morgan fingerprint density at radius 1 is 1.00 bits per heavy atom. The summed E-state index contributed by atoms with van der Waals surface area (Å²) in [5, 5.41) is 1.89. The van der Waals surface area contributed by atoms with Crippen LogP contribution >= 0.6 is 0 Å². The van der Waals surface area contributed by atoms with Crippen LogP contribution in [-0.2, 0) is 26.1 Å². The van der Waals surface area contributed by atoms with Crippen molar-refractivity contribution < 1.29 is 19.1 Å². The fraction of sp³-hybridized carbons (Fsp3) is 0.158. The number of carbonyl (C=O) groups is 2. The summed E-state index contributed by atoms with van der Waals surface area (Å²) in [6.07, 6.45) is 3.13. The lowest BCUT2D eigenvalue weighted by Crippen LogP contribution is -2.08. The normalized spacial score (nSPS) is 11.7. The predicted molar refractivity (Wildman–Crippen MR) is 91.6 cm³/mol. The lowest BCUT2D eigenvalue weighted by molar-refractivity contribution is -0.136. The van der Waals surface area contributed by atoms with Crippen molar-refractivity contribution in [1.82, 2.24) is 4.57 Å². The third-order valence-electron chi connectivity index (χ3n) is 4.04. The van der Waals surface area contributed by atoms with Gasteiger partial charge in [-0.2, -0.15) is 0 Å². The van der Waals surface area contributed by atoms with E-state index >= 15 is 0 Å². The zero-order valence-corrected chi connectivity index (χ0v) is 13.7. The summed E-state index contributed by atoms with van der Waals surface area (Å²) in [5.41, 5.74) is 2.72. The number of rotatable bonds is 3. The van der Waals surface area contributed by atoms with Crippen LogP contribution in [0.15, 0.2) is 48.7 Å². The van der Waals surface area contributed by atoms with Gasteiger partial charge in [0.05, 0.1) is 25.5 Å². The van der Waals surface area contributed by atoms with Crippen molar-refractivity contribution in [3.8, 4) is 11.3 Å². The first-order valence-electron chi connectivity index (χ1n) is 7.42. The molecule has 2 aliphatic rings. The highest BCUT2D eigenvalue weighted by molar-refractivity contribution is 6.27. The minimum absolute atomic E-state index is 0.182. The van der Waals surface area contributed by atoms with Gasteiger partial charge in [-0.25, -0.2) is 9.59 Å². The summed E-state index contributed by atoms with van der Waals surface area (Å²) in [6, 6.07) is 11.6. The van der Waals surface area contributed by atoms with Crippen molar-refractivity contribution in [3.63, 3.8) is 0 Å². The Balaban J connectivity index is 2.41. The quantitative estimate of drug-likeness (QED) is 0.549. The zero-order valence-electron chi connectivity index (χ0n) is 13.7. The maximum atomic E-state index is 12.3. The van der Waals surface area contributed by atoms with Gasteiger partial charge in [0.25, 0.3) is 0 Å². The second-order valence-corrected chi connectivity index (χ2v) is 5.37. The van der Waals surface area contributed by atoms with Gasteiger partial charge in [0, 0.05) is 35.8 Å². The lowest BCUT2D eigenvalue weighted by Gasteiger charge is -2.10. The molecule has 0 saturated heterocycles. The fourth-order valence-corrected chi connectivity index (χ4v) is 3.01. The molecule has 1 aromatic rings. The lowest BCUT2D eigenvalue weighted by atomic mass is 10.0. The Morgan fingerprint density at radius 2 is 1.71 bits per heavy atom. The summed E-state index contributed by atoms with van der Waals surface area (Å²) in [6.45, 7) is 0. The van der Waals surface area contributed by atoms with Gasteiger partial charge in [-0.1, -0.05) is 30.3 Å². The average Bonchev–Trinajstić information content (AvgIpc) is 2.94. The minimum atomic E-state index is -0.603. The first-order chi connectivity index (χ1) is 11.6. The minimum Gasteiger partial charge on any atom is -0.466 e. The van der Waals surface area contributed by atoms with E-state index in [9.17, 15) is 9.59 Å². The Bertz CT molecular complexity index is 936. The van der Waals surface area contributed by atoms with Crippen molar-refractivity contribution in [2.45, 2.75) is 0 Å². The number of hydrogen-bond acceptors (Lipinski definition) is 4. The third kappa shape index (κ3) is 2.44. The van der Waals surface area contributed by atoms with Gasteiger partial charge >= 0.3 is 11.9 Å². The molecule has 0 saturated carbocycles. The number of ether oxygens (including phenoxy) is 2. The highest BCUT2D eigenvalue weighted by atomic mass is 16.5. The molecule has 122 valence electrons. The summed E-state index contributed by atoms with van der Waals surface area (Å²) >= 11 is 0.